The highest BCUT2D eigenvalue weighted by atomic mass is 32.1. The predicted octanol–water partition coefficient (Wildman–Crippen LogP) is 6.05. The van der Waals surface area contributed by atoms with Crippen LogP contribution in [0.15, 0.2) is 92.0 Å². The van der Waals surface area contributed by atoms with Crippen LogP contribution in [0.1, 0.15) is 4.88 Å². The van der Waals surface area contributed by atoms with Crippen molar-refractivity contribution in [3.05, 3.63) is 97.3 Å². The van der Waals surface area contributed by atoms with Gasteiger partial charge in [-0.3, -0.25) is 10.1 Å². The molecule has 5 rings (SSSR count). The molecule has 0 N–H and O–H groups in total. The molecule has 0 saturated carbocycles. The van der Waals surface area contributed by atoms with Crippen LogP contribution in [0.2, 0.25) is 0 Å². The largest absolute Gasteiger partial charge is 0.454 e. The third-order valence-electron chi connectivity index (χ3n) is 4.50. The number of nitro groups is 1. The number of thiazole rings is 1. The van der Waals surface area contributed by atoms with Crippen LogP contribution in [0.3, 0.4) is 0 Å². The molecule has 0 fully saturated rings. The summed E-state index contributed by atoms with van der Waals surface area (Å²) in [5.41, 5.74) is 1.70. The molecule has 152 valence electrons. The standard InChI is InChI=1S/C22H14N4O3S2/c27-26(28)18-9-3-2-8-17(18)24-22-25(23-13-16-7-5-11-30-16)19(14-31-22)21-12-15-6-1-4-10-20(15)29-21/h1-14H. The Balaban J connectivity index is 1.69. The fourth-order valence-corrected chi connectivity index (χ4v) is 4.47. The number of nitrogens with zero attached hydrogens (tertiary/aromatic N) is 4. The lowest BCUT2D eigenvalue weighted by molar-refractivity contribution is -0.384. The number of benzene rings is 2. The molecule has 0 aliphatic carbocycles. The van der Waals surface area contributed by atoms with E-state index in [1.807, 2.05) is 53.2 Å². The minimum absolute atomic E-state index is 0.0602. The van der Waals surface area contributed by atoms with Gasteiger partial charge in [-0.2, -0.15) is 5.10 Å². The summed E-state index contributed by atoms with van der Waals surface area (Å²) in [6.45, 7) is 0. The summed E-state index contributed by atoms with van der Waals surface area (Å²) in [4.78, 5) is 17.0. The number of nitro benzene ring substituents is 1. The van der Waals surface area contributed by atoms with Gasteiger partial charge in [0, 0.05) is 21.7 Å². The first-order valence-corrected chi connectivity index (χ1v) is 11.0. The number of para-hydroxylation sites is 3. The second-order valence-electron chi connectivity index (χ2n) is 6.48. The van der Waals surface area contributed by atoms with E-state index in [0.717, 1.165) is 15.8 Å². The van der Waals surface area contributed by atoms with Gasteiger partial charge >= 0.3 is 0 Å². The van der Waals surface area contributed by atoms with E-state index in [1.54, 1.807) is 40.4 Å². The van der Waals surface area contributed by atoms with Gasteiger partial charge in [0.1, 0.15) is 17.0 Å². The summed E-state index contributed by atoms with van der Waals surface area (Å²) < 4.78 is 7.67. The van der Waals surface area contributed by atoms with Gasteiger partial charge in [0.05, 0.1) is 11.1 Å². The zero-order valence-electron chi connectivity index (χ0n) is 15.9. The van der Waals surface area contributed by atoms with Crippen LogP contribution in [0.25, 0.3) is 22.4 Å². The summed E-state index contributed by atoms with van der Waals surface area (Å²) in [7, 11) is 0. The molecule has 0 amide bonds. The van der Waals surface area contributed by atoms with E-state index >= 15 is 0 Å². The van der Waals surface area contributed by atoms with Gasteiger partial charge in [-0.15, -0.1) is 22.7 Å². The summed E-state index contributed by atoms with van der Waals surface area (Å²) >= 11 is 2.90. The highest BCUT2D eigenvalue weighted by Crippen LogP contribution is 2.29. The van der Waals surface area contributed by atoms with Crippen LogP contribution in [-0.4, -0.2) is 15.8 Å². The molecule has 0 spiro atoms. The van der Waals surface area contributed by atoms with E-state index in [4.69, 9.17) is 4.42 Å². The van der Waals surface area contributed by atoms with Gasteiger partial charge < -0.3 is 4.42 Å². The molecule has 0 aliphatic heterocycles. The number of hydrogen-bond donors (Lipinski definition) is 0. The van der Waals surface area contributed by atoms with Gasteiger partial charge in [0.15, 0.2) is 5.76 Å². The second-order valence-corrected chi connectivity index (χ2v) is 8.30. The average Bonchev–Trinajstić information content (AvgIpc) is 3.52. The van der Waals surface area contributed by atoms with Gasteiger partial charge in [-0.1, -0.05) is 36.4 Å². The molecule has 0 unspecified atom stereocenters. The molecular formula is C22H14N4O3S2. The lowest BCUT2D eigenvalue weighted by Gasteiger charge is -2.00. The first kappa shape index (κ1) is 19.2. The lowest BCUT2D eigenvalue weighted by atomic mass is 10.2. The Morgan fingerprint density at radius 2 is 1.87 bits per heavy atom. The molecule has 0 radical (unpaired) electrons. The summed E-state index contributed by atoms with van der Waals surface area (Å²) in [6, 6.07) is 20.0. The van der Waals surface area contributed by atoms with Crippen molar-refractivity contribution in [3.8, 4) is 11.5 Å². The van der Waals surface area contributed by atoms with Crippen LogP contribution < -0.4 is 4.80 Å². The number of aromatic nitrogens is 1. The lowest BCUT2D eigenvalue weighted by Crippen LogP contribution is -2.11. The van der Waals surface area contributed by atoms with Crippen molar-refractivity contribution in [1.82, 2.24) is 4.68 Å². The highest BCUT2D eigenvalue weighted by Gasteiger charge is 2.15. The van der Waals surface area contributed by atoms with Crippen molar-refractivity contribution in [2.45, 2.75) is 0 Å². The average molecular weight is 447 g/mol. The Labute approximate surface area is 184 Å². The van der Waals surface area contributed by atoms with Gasteiger partial charge in [-0.05, 0) is 29.6 Å². The monoisotopic (exact) mass is 446 g/mol. The topological polar surface area (TPSA) is 85.9 Å². The third-order valence-corrected chi connectivity index (χ3v) is 6.12. The van der Waals surface area contributed by atoms with E-state index < -0.39 is 4.92 Å². The van der Waals surface area contributed by atoms with E-state index in [1.165, 1.54) is 17.4 Å². The molecule has 2 aromatic carbocycles. The summed E-state index contributed by atoms with van der Waals surface area (Å²) in [5, 5.41) is 20.9. The van der Waals surface area contributed by atoms with E-state index in [0.29, 0.717) is 16.3 Å². The van der Waals surface area contributed by atoms with Crippen LogP contribution >= 0.6 is 22.7 Å². The maximum Gasteiger partial charge on any atom is 0.294 e. The molecule has 3 aromatic heterocycles. The Morgan fingerprint density at radius 1 is 1.03 bits per heavy atom. The van der Waals surface area contributed by atoms with E-state index in [2.05, 4.69) is 10.1 Å². The Hall–Kier alpha value is -3.82. The van der Waals surface area contributed by atoms with Crippen molar-refractivity contribution < 1.29 is 9.34 Å². The Morgan fingerprint density at radius 3 is 2.68 bits per heavy atom. The maximum atomic E-state index is 11.4. The quantitative estimate of drug-likeness (QED) is 0.187. The normalized spacial score (nSPS) is 12.2. The summed E-state index contributed by atoms with van der Waals surface area (Å²) in [6.07, 6.45) is 1.74. The van der Waals surface area contributed by atoms with Crippen molar-refractivity contribution in [1.29, 1.82) is 0 Å². The summed E-state index contributed by atoms with van der Waals surface area (Å²) in [5.74, 6) is 0.643. The molecule has 0 atom stereocenters. The fraction of sp³-hybridized carbons (Fsp3) is 0. The van der Waals surface area contributed by atoms with Crippen molar-refractivity contribution >= 4 is 51.2 Å². The molecule has 3 heterocycles. The fourth-order valence-electron chi connectivity index (χ4n) is 3.06. The molecule has 5 aromatic rings. The zero-order chi connectivity index (χ0) is 21.2. The highest BCUT2D eigenvalue weighted by molar-refractivity contribution is 7.11. The Kier molecular flexibility index (Phi) is 5.03. The van der Waals surface area contributed by atoms with Crippen molar-refractivity contribution in [2.75, 3.05) is 0 Å². The second kappa shape index (κ2) is 8.13. The third kappa shape index (κ3) is 3.83. The number of furan rings is 1. The van der Waals surface area contributed by atoms with Crippen LogP contribution in [0.5, 0.6) is 0 Å². The molecule has 7 nitrogen and oxygen atoms in total. The number of fused-ring (bicyclic) bond motifs is 1. The van der Waals surface area contributed by atoms with E-state index in [-0.39, 0.29) is 11.4 Å². The molecule has 9 heteroatoms. The number of thiophene rings is 1. The molecule has 31 heavy (non-hydrogen) atoms. The maximum absolute atomic E-state index is 11.4. The first-order valence-electron chi connectivity index (χ1n) is 9.24. The molecule has 0 saturated heterocycles. The van der Waals surface area contributed by atoms with Crippen molar-refractivity contribution in [2.24, 2.45) is 10.1 Å². The molecule has 0 bridgehead atoms. The minimum atomic E-state index is -0.439. The van der Waals surface area contributed by atoms with Crippen LogP contribution in [0.4, 0.5) is 11.4 Å². The number of hydrogen-bond acceptors (Lipinski definition) is 7. The van der Waals surface area contributed by atoms with Gasteiger partial charge in [0.2, 0.25) is 4.80 Å². The Bertz CT molecular complexity index is 1440. The predicted molar refractivity (Wildman–Crippen MR) is 123 cm³/mol. The first-order chi connectivity index (χ1) is 15.2. The minimum Gasteiger partial charge on any atom is -0.454 e. The van der Waals surface area contributed by atoms with Crippen LogP contribution in [0, 0.1) is 10.1 Å². The molecular weight excluding hydrogens is 432 g/mol. The zero-order valence-corrected chi connectivity index (χ0v) is 17.5. The number of rotatable bonds is 5. The van der Waals surface area contributed by atoms with Crippen molar-refractivity contribution in [3.63, 3.8) is 0 Å². The smallest absolute Gasteiger partial charge is 0.294 e. The van der Waals surface area contributed by atoms with E-state index in [9.17, 15) is 10.1 Å². The molecule has 0 aliphatic rings. The van der Waals surface area contributed by atoms with Gasteiger partial charge in [-0.25, -0.2) is 9.67 Å². The SMILES string of the molecule is O=[N+]([O-])c1ccccc1N=c1scc(-c2cc3ccccc3o2)n1N=Cc1cccs1. The van der Waals surface area contributed by atoms with Crippen LogP contribution in [-0.2, 0) is 0 Å². The van der Waals surface area contributed by atoms with Gasteiger partial charge in [0.25, 0.3) is 5.69 Å².